The lowest BCUT2D eigenvalue weighted by molar-refractivity contribution is 0.194. The van der Waals surface area contributed by atoms with Gasteiger partial charge in [0.15, 0.2) is 0 Å². The van der Waals surface area contributed by atoms with Gasteiger partial charge < -0.3 is 10.1 Å². The van der Waals surface area contributed by atoms with Gasteiger partial charge in [0.2, 0.25) is 0 Å². The SMILES string of the molecule is Fc1ccc(C2CCNCC2COc2ccccc2C2CCCCC2)cc1. The maximum absolute atomic E-state index is 13.3. The van der Waals surface area contributed by atoms with Gasteiger partial charge in [-0.1, -0.05) is 49.6 Å². The van der Waals surface area contributed by atoms with Gasteiger partial charge in [-0.15, -0.1) is 0 Å². The van der Waals surface area contributed by atoms with E-state index in [0.29, 0.717) is 24.4 Å². The van der Waals surface area contributed by atoms with Gasteiger partial charge in [0, 0.05) is 12.5 Å². The molecule has 0 radical (unpaired) electrons. The number of hydrogen-bond acceptors (Lipinski definition) is 2. The molecular formula is C24H30FNO. The van der Waals surface area contributed by atoms with Crippen molar-refractivity contribution in [3.63, 3.8) is 0 Å². The number of benzene rings is 2. The highest BCUT2D eigenvalue weighted by atomic mass is 19.1. The first-order valence-electron chi connectivity index (χ1n) is 10.5. The predicted octanol–water partition coefficient (Wildman–Crippen LogP) is 5.65. The van der Waals surface area contributed by atoms with Crippen LogP contribution in [-0.4, -0.2) is 19.7 Å². The Hall–Kier alpha value is -1.87. The highest BCUT2D eigenvalue weighted by Crippen LogP contribution is 2.38. The van der Waals surface area contributed by atoms with E-state index >= 15 is 0 Å². The summed E-state index contributed by atoms with van der Waals surface area (Å²) in [6.07, 6.45) is 7.67. The molecule has 2 aromatic carbocycles. The van der Waals surface area contributed by atoms with Crippen LogP contribution in [0.1, 0.15) is 61.5 Å². The van der Waals surface area contributed by atoms with Crippen LogP contribution in [0.15, 0.2) is 48.5 Å². The van der Waals surface area contributed by atoms with Crippen molar-refractivity contribution >= 4 is 0 Å². The largest absolute Gasteiger partial charge is 0.493 e. The smallest absolute Gasteiger partial charge is 0.123 e. The first-order valence-corrected chi connectivity index (χ1v) is 10.5. The summed E-state index contributed by atoms with van der Waals surface area (Å²) in [5.41, 5.74) is 2.62. The second-order valence-corrected chi connectivity index (χ2v) is 8.09. The van der Waals surface area contributed by atoms with Gasteiger partial charge in [-0.3, -0.25) is 0 Å². The minimum atomic E-state index is -0.165. The average Bonchev–Trinajstić information content (AvgIpc) is 2.74. The van der Waals surface area contributed by atoms with Crippen LogP contribution in [0.5, 0.6) is 5.75 Å². The molecule has 3 heteroatoms. The first-order chi connectivity index (χ1) is 13.3. The number of piperidine rings is 1. The minimum absolute atomic E-state index is 0.165. The summed E-state index contributed by atoms with van der Waals surface area (Å²) in [6, 6.07) is 15.6. The molecule has 144 valence electrons. The topological polar surface area (TPSA) is 21.3 Å². The molecule has 1 N–H and O–H groups in total. The molecule has 0 bridgehead atoms. The second-order valence-electron chi connectivity index (χ2n) is 8.09. The van der Waals surface area contributed by atoms with Gasteiger partial charge >= 0.3 is 0 Å². The maximum atomic E-state index is 13.3. The van der Waals surface area contributed by atoms with Crippen LogP contribution >= 0.6 is 0 Å². The third-order valence-electron chi connectivity index (χ3n) is 6.32. The van der Waals surface area contributed by atoms with E-state index in [9.17, 15) is 4.39 Å². The zero-order valence-corrected chi connectivity index (χ0v) is 16.0. The van der Waals surface area contributed by atoms with Crippen molar-refractivity contribution < 1.29 is 9.13 Å². The van der Waals surface area contributed by atoms with Crippen molar-refractivity contribution in [2.24, 2.45) is 5.92 Å². The van der Waals surface area contributed by atoms with Crippen molar-refractivity contribution in [3.8, 4) is 5.75 Å². The lowest BCUT2D eigenvalue weighted by atomic mass is 9.81. The zero-order valence-electron chi connectivity index (χ0n) is 16.0. The normalized spacial score (nSPS) is 23.9. The van der Waals surface area contributed by atoms with E-state index in [2.05, 4.69) is 29.6 Å². The Morgan fingerprint density at radius 2 is 1.70 bits per heavy atom. The second kappa shape index (κ2) is 8.88. The number of nitrogens with one attached hydrogen (secondary N) is 1. The summed E-state index contributed by atoms with van der Waals surface area (Å²) >= 11 is 0. The van der Waals surface area contributed by atoms with Crippen LogP contribution in [0, 0.1) is 11.7 Å². The lowest BCUT2D eigenvalue weighted by Crippen LogP contribution is -2.38. The molecule has 0 aromatic heterocycles. The molecule has 1 aliphatic carbocycles. The molecule has 1 aliphatic heterocycles. The zero-order chi connectivity index (χ0) is 18.5. The number of para-hydroxylation sites is 1. The molecule has 1 saturated heterocycles. The Balaban J connectivity index is 1.46. The molecule has 0 amide bonds. The fourth-order valence-electron chi connectivity index (χ4n) is 4.81. The van der Waals surface area contributed by atoms with Gasteiger partial charge in [-0.2, -0.15) is 0 Å². The van der Waals surface area contributed by atoms with Crippen LogP contribution in [0.25, 0.3) is 0 Å². The van der Waals surface area contributed by atoms with Gasteiger partial charge in [-0.05, 0) is 67.0 Å². The Morgan fingerprint density at radius 3 is 2.52 bits per heavy atom. The van der Waals surface area contributed by atoms with E-state index in [1.165, 1.54) is 43.2 Å². The summed E-state index contributed by atoms with van der Waals surface area (Å²) < 4.78 is 19.7. The number of hydrogen-bond donors (Lipinski definition) is 1. The summed E-state index contributed by atoms with van der Waals surface area (Å²) in [4.78, 5) is 0. The van der Waals surface area contributed by atoms with Gasteiger partial charge in [0.25, 0.3) is 0 Å². The van der Waals surface area contributed by atoms with Crippen molar-refractivity contribution in [1.29, 1.82) is 0 Å². The van der Waals surface area contributed by atoms with Gasteiger partial charge in [0.1, 0.15) is 11.6 Å². The summed E-state index contributed by atoms with van der Waals surface area (Å²) in [6.45, 7) is 2.67. The van der Waals surface area contributed by atoms with Crippen molar-refractivity contribution in [2.45, 2.75) is 50.4 Å². The molecular weight excluding hydrogens is 337 g/mol. The van der Waals surface area contributed by atoms with E-state index in [-0.39, 0.29) is 5.82 Å². The Kier molecular flexibility index (Phi) is 6.08. The Bertz CT molecular complexity index is 723. The Morgan fingerprint density at radius 1 is 0.926 bits per heavy atom. The van der Waals surface area contributed by atoms with E-state index in [1.807, 2.05) is 12.1 Å². The van der Waals surface area contributed by atoms with Crippen LogP contribution in [-0.2, 0) is 0 Å². The van der Waals surface area contributed by atoms with Crippen LogP contribution in [0.4, 0.5) is 4.39 Å². The molecule has 2 aliphatic rings. The summed E-state index contributed by atoms with van der Waals surface area (Å²) in [5, 5.41) is 3.51. The molecule has 27 heavy (non-hydrogen) atoms. The molecule has 1 heterocycles. The molecule has 2 nitrogen and oxygen atoms in total. The number of ether oxygens (including phenoxy) is 1. The maximum Gasteiger partial charge on any atom is 0.123 e. The van der Waals surface area contributed by atoms with Gasteiger partial charge in [-0.25, -0.2) is 4.39 Å². The minimum Gasteiger partial charge on any atom is -0.493 e. The lowest BCUT2D eigenvalue weighted by Gasteiger charge is -2.33. The third-order valence-corrected chi connectivity index (χ3v) is 6.32. The molecule has 0 spiro atoms. The fourth-order valence-corrected chi connectivity index (χ4v) is 4.81. The van der Waals surface area contributed by atoms with E-state index in [4.69, 9.17) is 4.74 Å². The number of halogens is 1. The number of rotatable bonds is 5. The molecule has 2 aromatic rings. The third kappa shape index (κ3) is 4.52. The van der Waals surface area contributed by atoms with Crippen molar-refractivity contribution in [2.75, 3.05) is 19.7 Å². The highest BCUT2D eigenvalue weighted by Gasteiger charge is 2.27. The molecule has 2 atom stereocenters. The van der Waals surface area contributed by atoms with Crippen LogP contribution in [0.2, 0.25) is 0 Å². The quantitative estimate of drug-likeness (QED) is 0.738. The van der Waals surface area contributed by atoms with E-state index in [0.717, 1.165) is 25.3 Å². The van der Waals surface area contributed by atoms with Crippen LogP contribution in [0.3, 0.4) is 0 Å². The van der Waals surface area contributed by atoms with E-state index < -0.39 is 0 Å². The van der Waals surface area contributed by atoms with Gasteiger partial charge in [0.05, 0.1) is 6.61 Å². The monoisotopic (exact) mass is 367 g/mol. The Labute approximate surface area is 162 Å². The fraction of sp³-hybridized carbons (Fsp3) is 0.500. The average molecular weight is 368 g/mol. The highest BCUT2D eigenvalue weighted by molar-refractivity contribution is 5.36. The predicted molar refractivity (Wildman–Crippen MR) is 108 cm³/mol. The molecule has 2 unspecified atom stereocenters. The summed E-state index contributed by atoms with van der Waals surface area (Å²) in [7, 11) is 0. The first kappa shape index (κ1) is 18.5. The molecule has 2 fully saturated rings. The molecule has 4 rings (SSSR count). The van der Waals surface area contributed by atoms with Crippen molar-refractivity contribution in [1.82, 2.24) is 5.32 Å². The molecule has 1 saturated carbocycles. The summed E-state index contributed by atoms with van der Waals surface area (Å²) in [5.74, 6) is 2.37. The van der Waals surface area contributed by atoms with Crippen LogP contribution < -0.4 is 10.1 Å². The van der Waals surface area contributed by atoms with Crippen molar-refractivity contribution in [3.05, 3.63) is 65.5 Å². The van der Waals surface area contributed by atoms with E-state index in [1.54, 1.807) is 12.1 Å². The standard InChI is InChI=1S/C24H30FNO/c25-21-12-10-19(11-13-21)22-14-15-26-16-20(22)17-27-24-9-5-4-8-23(24)18-6-2-1-3-7-18/h4-5,8-13,18,20,22,26H,1-3,6-7,14-17H2.